The predicted octanol–water partition coefficient (Wildman–Crippen LogP) is 1.97. The average molecular weight is 307 g/mol. The van der Waals surface area contributed by atoms with E-state index >= 15 is 0 Å². The van der Waals surface area contributed by atoms with Crippen LogP contribution < -0.4 is 5.32 Å². The molecule has 1 aromatic rings. The van der Waals surface area contributed by atoms with E-state index in [9.17, 15) is 19.7 Å². The number of nitrogens with zero attached hydrogens (tertiary/aromatic N) is 2. The molecule has 7 nitrogen and oxygen atoms in total. The lowest BCUT2D eigenvalue weighted by atomic mass is 10.2. The number of nitro groups is 1. The van der Waals surface area contributed by atoms with Gasteiger partial charge in [0.25, 0.3) is 11.6 Å². The van der Waals surface area contributed by atoms with E-state index in [4.69, 9.17) is 0 Å². The number of amides is 2. The van der Waals surface area contributed by atoms with Crippen LogP contribution in [0, 0.1) is 10.1 Å². The SMILES string of the molecule is CCCN(CCC)C(=O)CNC(=O)c1cccc([N+](=O)[O-])c1. The first-order valence-corrected chi connectivity index (χ1v) is 7.30. The zero-order valence-corrected chi connectivity index (χ0v) is 12.9. The highest BCUT2D eigenvalue weighted by Crippen LogP contribution is 2.12. The standard InChI is InChI=1S/C15H21N3O4/c1-3-8-17(9-4-2)14(19)11-16-15(20)12-6-5-7-13(10-12)18(21)22/h5-7,10H,3-4,8-9,11H2,1-2H3,(H,16,20). The first kappa shape index (κ1) is 17.6. The molecule has 0 heterocycles. The highest BCUT2D eigenvalue weighted by molar-refractivity contribution is 5.96. The van der Waals surface area contributed by atoms with Gasteiger partial charge in [-0.05, 0) is 18.9 Å². The molecule has 0 aromatic heterocycles. The zero-order chi connectivity index (χ0) is 16.5. The van der Waals surface area contributed by atoms with Crippen molar-refractivity contribution in [1.29, 1.82) is 0 Å². The molecule has 0 saturated heterocycles. The molecule has 120 valence electrons. The third-order valence-corrected chi connectivity index (χ3v) is 3.06. The number of benzene rings is 1. The monoisotopic (exact) mass is 307 g/mol. The molecule has 0 fully saturated rings. The Labute approximate surface area is 129 Å². The minimum absolute atomic E-state index is 0.110. The van der Waals surface area contributed by atoms with Crippen molar-refractivity contribution in [3.8, 4) is 0 Å². The number of hydrogen-bond acceptors (Lipinski definition) is 4. The van der Waals surface area contributed by atoms with Gasteiger partial charge in [0.1, 0.15) is 0 Å². The second-order valence-corrected chi connectivity index (χ2v) is 4.87. The maximum Gasteiger partial charge on any atom is 0.270 e. The van der Waals surface area contributed by atoms with Crippen LogP contribution in [0.3, 0.4) is 0 Å². The van der Waals surface area contributed by atoms with Gasteiger partial charge >= 0.3 is 0 Å². The van der Waals surface area contributed by atoms with Crippen molar-refractivity contribution in [3.63, 3.8) is 0 Å². The zero-order valence-electron chi connectivity index (χ0n) is 12.9. The van der Waals surface area contributed by atoms with Crippen molar-refractivity contribution in [2.45, 2.75) is 26.7 Å². The van der Waals surface area contributed by atoms with Crippen LogP contribution in [0.5, 0.6) is 0 Å². The van der Waals surface area contributed by atoms with Crippen LogP contribution >= 0.6 is 0 Å². The summed E-state index contributed by atoms with van der Waals surface area (Å²) < 4.78 is 0. The Kier molecular flexibility index (Phi) is 7.01. The fourth-order valence-corrected chi connectivity index (χ4v) is 2.03. The van der Waals surface area contributed by atoms with E-state index in [-0.39, 0.29) is 23.7 Å². The van der Waals surface area contributed by atoms with E-state index in [0.717, 1.165) is 12.8 Å². The van der Waals surface area contributed by atoms with E-state index in [1.54, 1.807) is 4.90 Å². The molecule has 2 amide bonds. The number of nitrogens with one attached hydrogen (secondary N) is 1. The van der Waals surface area contributed by atoms with Crippen LogP contribution in [-0.4, -0.2) is 41.3 Å². The number of non-ortho nitro benzene ring substituents is 1. The molecule has 0 aliphatic rings. The van der Waals surface area contributed by atoms with Crippen LogP contribution in [0.25, 0.3) is 0 Å². The van der Waals surface area contributed by atoms with Gasteiger partial charge in [0, 0.05) is 30.8 Å². The van der Waals surface area contributed by atoms with Crippen LogP contribution in [0.1, 0.15) is 37.0 Å². The Morgan fingerprint density at radius 2 is 1.86 bits per heavy atom. The summed E-state index contributed by atoms with van der Waals surface area (Å²) in [5.41, 5.74) is 0.0112. The molecule has 0 saturated carbocycles. The van der Waals surface area contributed by atoms with Crippen LogP contribution in [0.2, 0.25) is 0 Å². The van der Waals surface area contributed by atoms with Crippen LogP contribution in [0.4, 0.5) is 5.69 Å². The number of rotatable bonds is 8. The third-order valence-electron chi connectivity index (χ3n) is 3.06. The fourth-order valence-electron chi connectivity index (χ4n) is 2.03. The molecule has 1 rings (SSSR count). The second-order valence-electron chi connectivity index (χ2n) is 4.87. The van der Waals surface area contributed by atoms with E-state index in [0.29, 0.717) is 13.1 Å². The van der Waals surface area contributed by atoms with Crippen molar-refractivity contribution in [1.82, 2.24) is 10.2 Å². The van der Waals surface area contributed by atoms with Gasteiger partial charge < -0.3 is 10.2 Å². The number of carbonyl (C=O) groups is 2. The molecule has 0 spiro atoms. The molecule has 1 aromatic carbocycles. The van der Waals surface area contributed by atoms with Gasteiger partial charge in [-0.2, -0.15) is 0 Å². The quantitative estimate of drug-likeness (QED) is 0.587. The van der Waals surface area contributed by atoms with Crippen LogP contribution in [0.15, 0.2) is 24.3 Å². The van der Waals surface area contributed by atoms with E-state index in [1.165, 1.54) is 24.3 Å². The van der Waals surface area contributed by atoms with Gasteiger partial charge in [-0.1, -0.05) is 19.9 Å². The summed E-state index contributed by atoms with van der Waals surface area (Å²) in [6.07, 6.45) is 1.70. The molecule has 0 radical (unpaired) electrons. The lowest BCUT2D eigenvalue weighted by Gasteiger charge is -2.21. The Balaban J connectivity index is 2.63. The molecule has 0 bridgehead atoms. The van der Waals surface area contributed by atoms with Crippen molar-refractivity contribution >= 4 is 17.5 Å². The van der Waals surface area contributed by atoms with E-state index in [2.05, 4.69) is 5.32 Å². The van der Waals surface area contributed by atoms with Gasteiger partial charge in [0.15, 0.2) is 0 Å². The summed E-state index contributed by atoms with van der Waals surface area (Å²) in [6, 6.07) is 5.42. The minimum Gasteiger partial charge on any atom is -0.343 e. The Morgan fingerprint density at radius 3 is 2.41 bits per heavy atom. The van der Waals surface area contributed by atoms with Gasteiger partial charge in [-0.3, -0.25) is 19.7 Å². The molecule has 0 aliphatic heterocycles. The minimum atomic E-state index is -0.563. The third kappa shape index (κ3) is 5.16. The summed E-state index contributed by atoms with van der Waals surface area (Å²) >= 11 is 0. The summed E-state index contributed by atoms with van der Waals surface area (Å²) in [6.45, 7) is 5.16. The first-order valence-electron chi connectivity index (χ1n) is 7.30. The number of nitro benzene ring substituents is 1. The smallest absolute Gasteiger partial charge is 0.270 e. The molecule has 22 heavy (non-hydrogen) atoms. The number of hydrogen-bond donors (Lipinski definition) is 1. The van der Waals surface area contributed by atoms with Crippen molar-refractivity contribution in [3.05, 3.63) is 39.9 Å². The molecule has 0 unspecified atom stereocenters. The Hall–Kier alpha value is -2.44. The van der Waals surface area contributed by atoms with Crippen molar-refractivity contribution < 1.29 is 14.5 Å². The lowest BCUT2D eigenvalue weighted by molar-refractivity contribution is -0.384. The van der Waals surface area contributed by atoms with Crippen molar-refractivity contribution in [2.24, 2.45) is 0 Å². The fraction of sp³-hybridized carbons (Fsp3) is 0.467. The summed E-state index contributed by atoms with van der Waals surface area (Å²) in [5, 5.41) is 13.2. The molecule has 0 aliphatic carbocycles. The maximum absolute atomic E-state index is 12.0. The van der Waals surface area contributed by atoms with E-state index < -0.39 is 10.8 Å². The Morgan fingerprint density at radius 1 is 1.23 bits per heavy atom. The summed E-state index contributed by atoms with van der Waals surface area (Å²) in [7, 11) is 0. The molecule has 1 N–H and O–H groups in total. The molecular formula is C15H21N3O4. The molecule has 7 heteroatoms. The lowest BCUT2D eigenvalue weighted by Crippen LogP contribution is -2.40. The summed E-state index contributed by atoms with van der Waals surface area (Å²) in [4.78, 5) is 35.8. The number of carbonyl (C=O) groups excluding carboxylic acids is 2. The topological polar surface area (TPSA) is 92.6 Å². The highest BCUT2D eigenvalue weighted by atomic mass is 16.6. The van der Waals surface area contributed by atoms with Gasteiger partial charge in [-0.25, -0.2) is 0 Å². The second kappa shape index (κ2) is 8.76. The van der Waals surface area contributed by atoms with Crippen LogP contribution in [-0.2, 0) is 4.79 Å². The van der Waals surface area contributed by atoms with E-state index in [1.807, 2.05) is 13.8 Å². The highest BCUT2D eigenvalue weighted by Gasteiger charge is 2.15. The molecule has 0 atom stereocenters. The molecular weight excluding hydrogens is 286 g/mol. The first-order chi connectivity index (χ1) is 10.5. The average Bonchev–Trinajstić information content (AvgIpc) is 2.52. The largest absolute Gasteiger partial charge is 0.343 e. The Bertz CT molecular complexity index is 539. The predicted molar refractivity (Wildman–Crippen MR) is 82.6 cm³/mol. The van der Waals surface area contributed by atoms with Gasteiger partial charge in [-0.15, -0.1) is 0 Å². The normalized spacial score (nSPS) is 10.1. The maximum atomic E-state index is 12.0. The van der Waals surface area contributed by atoms with Crippen molar-refractivity contribution in [2.75, 3.05) is 19.6 Å². The summed E-state index contributed by atoms with van der Waals surface area (Å²) in [5.74, 6) is -0.646. The van der Waals surface area contributed by atoms with Gasteiger partial charge in [0.05, 0.1) is 11.5 Å². The van der Waals surface area contributed by atoms with Gasteiger partial charge in [0.2, 0.25) is 5.91 Å².